The van der Waals surface area contributed by atoms with Crippen molar-refractivity contribution in [2.75, 3.05) is 6.54 Å². The molecule has 0 saturated carbocycles. The van der Waals surface area contributed by atoms with Crippen LogP contribution in [-0.2, 0) is 13.1 Å². The van der Waals surface area contributed by atoms with Crippen molar-refractivity contribution >= 4 is 0 Å². The molecular weight excluding hydrogens is 260 g/mol. The lowest BCUT2D eigenvalue weighted by Crippen LogP contribution is -2.19. The van der Waals surface area contributed by atoms with Crippen LogP contribution in [0.2, 0.25) is 0 Å². The summed E-state index contributed by atoms with van der Waals surface area (Å²) in [6.45, 7) is 13.4. The van der Waals surface area contributed by atoms with Crippen molar-refractivity contribution in [1.29, 1.82) is 0 Å². The summed E-state index contributed by atoms with van der Waals surface area (Å²) in [6, 6.07) is 4.07. The summed E-state index contributed by atoms with van der Waals surface area (Å²) in [5, 5.41) is 8.18. The Kier molecular flexibility index (Phi) is 5.12. The third-order valence-electron chi connectivity index (χ3n) is 3.80. The van der Waals surface area contributed by atoms with E-state index in [1.165, 1.54) is 16.8 Å². The first-order valence-electron chi connectivity index (χ1n) is 7.63. The lowest BCUT2D eigenvalue weighted by Gasteiger charge is -2.09. The number of nitrogens with zero attached hydrogens (tertiary/aromatic N) is 3. The number of hydrogen-bond donors (Lipinski definition) is 1. The number of rotatable bonds is 6. The van der Waals surface area contributed by atoms with Crippen molar-refractivity contribution in [3.05, 3.63) is 46.5 Å². The molecule has 0 unspecified atom stereocenters. The maximum atomic E-state index is 4.68. The summed E-state index contributed by atoms with van der Waals surface area (Å²) in [7, 11) is 0. The molecule has 0 radical (unpaired) electrons. The van der Waals surface area contributed by atoms with Crippen LogP contribution in [0.3, 0.4) is 0 Å². The zero-order chi connectivity index (χ0) is 15.4. The van der Waals surface area contributed by atoms with Gasteiger partial charge in [0.05, 0.1) is 17.9 Å². The molecule has 0 atom stereocenters. The second-order valence-corrected chi connectivity index (χ2v) is 6.10. The number of hydrogen-bond acceptors (Lipinski definition) is 3. The third-order valence-corrected chi connectivity index (χ3v) is 3.80. The molecule has 0 spiro atoms. The fraction of sp³-hybridized carbons (Fsp3) is 0.529. The first-order chi connectivity index (χ1) is 9.99. The van der Waals surface area contributed by atoms with E-state index >= 15 is 0 Å². The molecule has 4 nitrogen and oxygen atoms in total. The smallest absolute Gasteiger partial charge is 0.0837 e. The average Bonchev–Trinajstić information content (AvgIpc) is 2.68. The summed E-state index contributed by atoms with van der Waals surface area (Å²) < 4.78 is 2.07. The monoisotopic (exact) mass is 286 g/mol. The molecule has 0 bridgehead atoms. The van der Waals surface area contributed by atoms with E-state index in [1.54, 1.807) is 0 Å². The first kappa shape index (κ1) is 15.7. The predicted molar refractivity (Wildman–Crippen MR) is 86.3 cm³/mol. The van der Waals surface area contributed by atoms with Crippen molar-refractivity contribution in [3.63, 3.8) is 0 Å². The summed E-state index contributed by atoms with van der Waals surface area (Å²) >= 11 is 0. The summed E-state index contributed by atoms with van der Waals surface area (Å²) in [4.78, 5) is 4.46. The molecule has 0 fully saturated rings. The van der Waals surface area contributed by atoms with Crippen LogP contribution in [-0.4, -0.2) is 21.3 Å². The average molecular weight is 286 g/mol. The van der Waals surface area contributed by atoms with Crippen LogP contribution >= 0.6 is 0 Å². The number of nitrogens with one attached hydrogen (secondary N) is 1. The van der Waals surface area contributed by atoms with Gasteiger partial charge in [0.25, 0.3) is 0 Å². The Morgan fingerprint density at radius 2 is 2.00 bits per heavy atom. The molecular formula is C17H26N4. The molecule has 2 heterocycles. The Balaban J connectivity index is 2.13. The van der Waals surface area contributed by atoms with Gasteiger partial charge in [-0.05, 0) is 44.9 Å². The summed E-state index contributed by atoms with van der Waals surface area (Å²) in [5.41, 5.74) is 5.95. The highest BCUT2D eigenvalue weighted by molar-refractivity contribution is 5.26. The first-order valence-corrected chi connectivity index (χ1v) is 7.63. The van der Waals surface area contributed by atoms with E-state index in [1.807, 2.05) is 12.3 Å². The van der Waals surface area contributed by atoms with Crippen LogP contribution in [0.15, 0.2) is 18.3 Å². The lowest BCUT2D eigenvalue weighted by atomic mass is 10.1. The van der Waals surface area contributed by atoms with E-state index in [-0.39, 0.29) is 0 Å². The van der Waals surface area contributed by atoms with Gasteiger partial charge in [-0.15, -0.1) is 0 Å². The van der Waals surface area contributed by atoms with Crippen LogP contribution in [0.1, 0.15) is 42.1 Å². The van der Waals surface area contributed by atoms with E-state index < -0.39 is 0 Å². The molecule has 2 aromatic heterocycles. The van der Waals surface area contributed by atoms with Crippen molar-refractivity contribution in [2.45, 2.75) is 47.7 Å². The van der Waals surface area contributed by atoms with Crippen LogP contribution in [0.25, 0.3) is 0 Å². The number of pyridine rings is 1. The predicted octanol–water partition coefficient (Wildman–Crippen LogP) is 3.00. The van der Waals surface area contributed by atoms with Gasteiger partial charge in [0.1, 0.15) is 0 Å². The molecule has 114 valence electrons. The standard InChI is InChI=1S/C17H26N4/c1-12(2)9-18-10-16-14(4)20-21(15(16)5)11-17-13(3)7-6-8-19-17/h6-8,12,18H,9-11H2,1-5H3. The van der Waals surface area contributed by atoms with Crippen LogP contribution in [0.4, 0.5) is 0 Å². The van der Waals surface area contributed by atoms with Gasteiger partial charge in [0.15, 0.2) is 0 Å². The van der Waals surface area contributed by atoms with Gasteiger partial charge in [-0.2, -0.15) is 5.10 Å². The molecule has 2 aromatic rings. The van der Waals surface area contributed by atoms with E-state index in [9.17, 15) is 0 Å². The van der Waals surface area contributed by atoms with Crippen molar-refractivity contribution in [2.24, 2.45) is 5.92 Å². The topological polar surface area (TPSA) is 42.7 Å². The van der Waals surface area contributed by atoms with Crippen LogP contribution in [0.5, 0.6) is 0 Å². The maximum absolute atomic E-state index is 4.68. The quantitative estimate of drug-likeness (QED) is 0.887. The SMILES string of the molecule is Cc1cccnc1Cn1nc(C)c(CNCC(C)C)c1C. The highest BCUT2D eigenvalue weighted by Gasteiger charge is 2.12. The van der Waals surface area contributed by atoms with Gasteiger partial charge in [-0.25, -0.2) is 0 Å². The Labute approximate surface area is 127 Å². The Morgan fingerprint density at radius 1 is 1.24 bits per heavy atom. The van der Waals surface area contributed by atoms with Crippen molar-refractivity contribution < 1.29 is 0 Å². The molecule has 0 aromatic carbocycles. The highest BCUT2D eigenvalue weighted by atomic mass is 15.3. The fourth-order valence-electron chi connectivity index (χ4n) is 2.46. The lowest BCUT2D eigenvalue weighted by molar-refractivity contribution is 0.550. The fourth-order valence-corrected chi connectivity index (χ4v) is 2.46. The normalized spacial score (nSPS) is 11.3. The van der Waals surface area contributed by atoms with E-state index in [0.29, 0.717) is 5.92 Å². The maximum Gasteiger partial charge on any atom is 0.0837 e. The second-order valence-electron chi connectivity index (χ2n) is 6.10. The molecule has 1 N–H and O–H groups in total. The van der Waals surface area contributed by atoms with Crippen molar-refractivity contribution in [1.82, 2.24) is 20.1 Å². The van der Waals surface area contributed by atoms with E-state index in [2.05, 4.69) is 60.8 Å². The van der Waals surface area contributed by atoms with E-state index in [0.717, 1.165) is 31.0 Å². The minimum Gasteiger partial charge on any atom is -0.312 e. The molecule has 21 heavy (non-hydrogen) atoms. The minimum atomic E-state index is 0.664. The molecule has 0 amide bonds. The van der Waals surface area contributed by atoms with Crippen LogP contribution in [0, 0.1) is 26.7 Å². The second kappa shape index (κ2) is 6.85. The zero-order valence-electron chi connectivity index (χ0n) is 13.8. The van der Waals surface area contributed by atoms with Gasteiger partial charge in [-0.1, -0.05) is 19.9 Å². The van der Waals surface area contributed by atoms with Crippen LogP contribution < -0.4 is 5.32 Å². The Morgan fingerprint density at radius 3 is 2.67 bits per heavy atom. The number of aryl methyl sites for hydroxylation is 2. The summed E-state index contributed by atoms with van der Waals surface area (Å²) in [6.07, 6.45) is 1.85. The van der Waals surface area contributed by atoms with Gasteiger partial charge >= 0.3 is 0 Å². The largest absolute Gasteiger partial charge is 0.312 e. The Bertz CT molecular complexity index is 599. The molecule has 4 heteroatoms. The van der Waals surface area contributed by atoms with Crippen molar-refractivity contribution in [3.8, 4) is 0 Å². The molecule has 0 aliphatic rings. The van der Waals surface area contributed by atoms with Gasteiger partial charge in [0.2, 0.25) is 0 Å². The molecule has 0 aliphatic heterocycles. The van der Waals surface area contributed by atoms with Gasteiger partial charge in [-0.3, -0.25) is 9.67 Å². The van der Waals surface area contributed by atoms with Gasteiger partial charge in [0, 0.05) is 24.0 Å². The highest BCUT2D eigenvalue weighted by Crippen LogP contribution is 2.15. The molecule has 0 aliphatic carbocycles. The minimum absolute atomic E-state index is 0.664. The number of aromatic nitrogens is 3. The van der Waals surface area contributed by atoms with Gasteiger partial charge < -0.3 is 5.32 Å². The summed E-state index contributed by atoms with van der Waals surface area (Å²) in [5.74, 6) is 0.664. The zero-order valence-corrected chi connectivity index (χ0v) is 13.8. The third kappa shape index (κ3) is 3.91. The molecule has 2 rings (SSSR count). The van der Waals surface area contributed by atoms with E-state index in [4.69, 9.17) is 0 Å². The Hall–Kier alpha value is -1.68. The molecule has 0 saturated heterocycles.